The van der Waals surface area contributed by atoms with Crippen molar-refractivity contribution in [2.75, 3.05) is 18.6 Å². The highest BCUT2D eigenvalue weighted by molar-refractivity contribution is 7.98. The molecule has 0 fully saturated rings. The van der Waals surface area contributed by atoms with Crippen molar-refractivity contribution in [3.05, 3.63) is 42.5 Å². The Hall–Kier alpha value is -1.41. The van der Waals surface area contributed by atoms with E-state index in [1.807, 2.05) is 11.8 Å². The molecule has 0 unspecified atom stereocenters. The van der Waals surface area contributed by atoms with Crippen molar-refractivity contribution in [1.82, 2.24) is 0 Å². The molecule has 0 aromatic heterocycles. The van der Waals surface area contributed by atoms with Gasteiger partial charge in [0.1, 0.15) is 5.75 Å². The zero-order valence-electron chi connectivity index (χ0n) is 10.5. The van der Waals surface area contributed by atoms with Crippen LogP contribution < -0.4 is 4.74 Å². The smallest absolute Gasteiger partial charge is 0.119 e. The van der Waals surface area contributed by atoms with Crippen LogP contribution in [-0.4, -0.2) is 18.6 Å². The van der Waals surface area contributed by atoms with Gasteiger partial charge in [-0.25, -0.2) is 0 Å². The minimum Gasteiger partial charge on any atom is -0.494 e. The summed E-state index contributed by atoms with van der Waals surface area (Å²) in [7, 11) is 0. The summed E-state index contributed by atoms with van der Waals surface area (Å²) in [5.41, 5.74) is 5.25. The Morgan fingerprint density at radius 3 is 2.67 bits per heavy atom. The number of fused-ring (bicyclic) bond motifs is 5. The summed E-state index contributed by atoms with van der Waals surface area (Å²) in [6.45, 7) is 0.803. The minimum absolute atomic E-state index is 0.803. The number of hydrogen-bond acceptors (Lipinski definition) is 2. The molecule has 0 heterocycles. The zero-order valence-corrected chi connectivity index (χ0v) is 11.3. The van der Waals surface area contributed by atoms with E-state index in [-0.39, 0.29) is 0 Å². The van der Waals surface area contributed by atoms with Gasteiger partial charge in [0.15, 0.2) is 0 Å². The van der Waals surface area contributed by atoms with Gasteiger partial charge in [-0.3, -0.25) is 0 Å². The number of benzene rings is 2. The third-order valence-corrected chi connectivity index (χ3v) is 3.93. The van der Waals surface area contributed by atoms with Gasteiger partial charge < -0.3 is 4.74 Å². The molecule has 0 saturated heterocycles. The van der Waals surface area contributed by atoms with Crippen LogP contribution in [0, 0.1) is 0 Å². The fourth-order valence-corrected chi connectivity index (χ4v) is 2.76. The van der Waals surface area contributed by atoms with Crippen LogP contribution in [0.4, 0.5) is 0 Å². The highest BCUT2D eigenvalue weighted by Gasteiger charge is 2.15. The number of rotatable bonds is 5. The predicted octanol–water partition coefficient (Wildman–Crippen LogP) is 4.47. The highest BCUT2D eigenvalue weighted by Crippen LogP contribution is 2.41. The van der Waals surface area contributed by atoms with E-state index in [0.29, 0.717) is 0 Å². The van der Waals surface area contributed by atoms with Crippen LogP contribution in [0.5, 0.6) is 5.75 Å². The second-order valence-electron chi connectivity index (χ2n) is 4.48. The van der Waals surface area contributed by atoms with Gasteiger partial charge in [0.2, 0.25) is 0 Å². The van der Waals surface area contributed by atoms with E-state index in [2.05, 4.69) is 48.7 Å². The van der Waals surface area contributed by atoms with Crippen LogP contribution in [0.2, 0.25) is 0 Å². The van der Waals surface area contributed by atoms with Crippen molar-refractivity contribution in [1.29, 1.82) is 0 Å². The number of thioether (sulfide) groups is 1. The lowest BCUT2D eigenvalue weighted by molar-refractivity contribution is 0.319. The average molecular weight is 256 g/mol. The van der Waals surface area contributed by atoms with Crippen molar-refractivity contribution in [2.24, 2.45) is 0 Å². The third-order valence-electron chi connectivity index (χ3n) is 3.24. The van der Waals surface area contributed by atoms with E-state index in [1.54, 1.807) is 0 Å². The molecular weight excluding hydrogens is 240 g/mol. The van der Waals surface area contributed by atoms with Gasteiger partial charge in [0.05, 0.1) is 6.61 Å². The summed E-state index contributed by atoms with van der Waals surface area (Å²) in [4.78, 5) is 0. The number of hydrogen-bond donors (Lipinski definition) is 0. The second-order valence-corrected chi connectivity index (χ2v) is 5.47. The molecule has 3 rings (SSSR count). The Bertz CT molecular complexity index is 563. The molecule has 0 amide bonds. The van der Waals surface area contributed by atoms with Gasteiger partial charge in [-0.05, 0) is 58.9 Å². The lowest BCUT2D eigenvalue weighted by Gasteiger charge is -2.08. The van der Waals surface area contributed by atoms with Crippen molar-refractivity contribution >= 4 is 11.8 Å². The van der Waals surface area contributed by atoms with Crippen LogP contribution in [0.25, 0.3) is 22.3 Å². The van der Waals surface area contributed by atoms with Crippen molar-refractivity contribution in [2.45, 2.75) is 6.42 Å². The van der Waals surface area contributed by atoms with E-state index >= 15 is 0 Å². The Labute approximate surface area is 112 Å². The van der Waals surface area contributed by atoms with Crippen molar-refractivity contribution < 1.29 is 4.74 Å². The standard InChI is InChI=1S/C16H16OS/c1-18-9-3-8-17-14-6-7-15-12-4-2-5-13(10-12)16(15)11-14/h2,4-7,10-11H,3,8-9H2,1H3. The number of ether oxygens (including phenoxy) is 1. The Morgan fingerprint density at radius 2 is 1.83 bits per heavy atom. The minimum atomic E-state index is 0.803. The molecule has 1 aliphatic rings. The molecule has 2 aromatic rings. The molecule has 0 aliphatic heterocycles. The Morgan fingerprint density at radius 1 is 1.00 bits per heavy atom. The quantitative estimate of drug-likeness (QED) is 0.623. The summed E-state index contributed by atoms with van der Waals surface area (Å²) < 4.78 is 5.80. The first-order valence-electron chi connectivity index (χ1n) is 6.25. The molecule has 1 nitrogen and oxygen atoms in total. The molecule has 18 heavy (non-hydrogen) atoms. The van der Waals surface area contributed by atoms with E-state index < -0.39 is 0 Å². The summed E-state index contributed by atoms with van der Waals surface area (Å²) in [5, 5.41) is 0. The molecule has 0 saturated carbocycles. The molecule has 2 aromatic carbocycles. The molecule has 2 heteroatoms. The van der Waals surface area contributed by atoms with Gasteiger partial charge in [0.25, 0.3) is 0 Å². The topological polar surface area (TPSA) is 9.23 Å². The molecule has 0 spiro atoms. The van der Waals surface area contributed by atoms with Crippen LogP contribution in [0.3, 0.4) is 0 Å². The first-order chi connectivity index (χ1) is 8.88. The predicted molar refractivity (Wildman–Crippen MR) is 79.4 cm³/mol. The van der Waals surface area contributed by atoms with Gasteiger partial charge in [0, 0.05) is 0 Å². The monoisotopic (exact) mass is 256 g/mol. The van der Waals surface area contributed by atoms with Crippen LogP contribution in [0.15, 0.2) is 42.5 Å². The average Bonchev–Trinajstić information content (AvgIpc) is 2.66. The Kier molecular flexibility index (Phi) is 3.28. The van der Waals surface area contributed by atoms with Crippen LogP contribution >= 0.6 is 11.8 Å². The normalized spacial score (nSPS) is 11.4. The largest absolute Gasteiger partial charge is 0.494 e. The van der Waals surface area contributed by atoms with Crippen LogP contribution in [0.1, 0.15) is 6.42 Å². The third kappa shape index (κ3) is 2.13. The SMILES string of the molecule is CSCCCOc1ccc2c(c1)-c1cccc-2c1. The van der Waals surface area contributed by atoms with Crippen molar-refractivity contribution in [3.63, 3.8) is 0 Å². The lowest BCUT2D eigenvalue weighted by atomic mass is 10.1. The fourth-order valence-electron chi connectivity index (χ4n) is 2.35. The van der Waals surface area contributed by atoms with E-state index in [4.69, 9.17) is 4.74 Å². The molecule has 0 radical (unpaired) electrons. The second kappa shape index (κ2) is 5.07. The molecule has 2 bridgehead atoms. The van der Waals surface area contributed by atoms with E-state index in [0.717, 1.165) is 24.5 Å². The summed E-state index contributed by atoms with van der Waals surface area (Å²) in [5.74, 6) is 2.14. The first kappa shape index (κ1) is 11.7. The molecule has 0 N–H and O–H groups in total. The Balaban J connectivity index is 1.77. The molecular formula is C16H16OS. The van der Waals surface area contributed by atoms with E-state index in [9.17, 15) is 0 Å². The van der Waals surface area contributed by atoms with E-state index in [1.165, 1.54) is 22.3 Å². The zero-order chi connectivity index (χ0) is 12.4. The molecule has 0 atom stereocenters. The highest BCUT2D eigenvalue weighted by atomic mass is 32.2. The summed E-state index contributed by atoms with van der Waals surface area (Å²) >= 11 is 1.86. The maximum atomic E-state index is 5.80. The maximum absolute atomic E-state index is 5.80. The fraction of sp³-hybridized carbons (Fsp3) is 0.250. The molecule has 1 aliphatic carbocycles. The van der Waals surface area contributed by atoms with Crippen LogP contribution in [-0.2, 0) is 0 Å². The lowest BCUT2D eigenvalue weighted by Crippen LogP contribution is -1.98. The van der Waals surface area contributed by atoms with Gasteiger partial charge in [-0.2, -0.15) is 11.8 Å². The summed E-state index contributed by atoms with van der Waals surface area (Å²) in [6.07, 6.45) is 3.23. The molecule has 92 valence electrons. The van der Waals surface area contributed by atoms with Gasteiger partial charge >= 0.3 is 0 Å². The maximum Gasteiger partial charge on any atom is 0.119 e. The summed E-state index contributed by atoms with van der Waals surface area (Å²) in [6, 6.07) is 15.1. The first-order valence-corrected chi connectivity index (χ1v) is 7.64. The van der Waals surface area contributed by atoms with Gasteiger partial charge in [-0.1, -0.05) is 24.3 Å². The van der Waals surface area contributed by atoms with Gasteiger partial charge in [-0.15, -0.1) is 0 Å². The van der Waals surface area contributed by atoms with Crippen molar-refractivity contribution in [3.8, 4) is 28.0 Å².